The van der Waals surface area contributed by atoms with E-state index < -0.39 is 0 Å². The highest BCUT2D eigenvalue weighted by Gasteiger charge is 2.11. The molecule has 0 aliphatic heterocycles. The summed E-state index contributed by atoms with van der Waals surface area (Å²) in [7, 11) is 0. The van der Waals surface area contributed by atoms with Crippen LogP contribution in [0.15, 0.2) is 42.6 Å². The third-order valence-corrected chi connectivity index (χ3v) is 3.77. The first-order chi connectivity index (χ1) is 10.3. The standard InChI is InChI=1S/C18H27N3/c1-3-13-19-18(16-8-6-5-7-9-16)11-10-17-12-14-20-21(17)15-4-2/h5-9,12,14,18-19H,3-4,10-11,13,15H2,1-2H3. The molecule has 2 aromatic rings. The van der Waals surface area contributed by atoms with Gasteiger partial charge in [0.05, 0.1) is 0 Å². The van der Waals surface area contributed by atoms with E-state index in [2.05, 4.69) is 65.3 Å². The largest absolute Gasteiger partial charge is 0.310 e. The van der Waals surface area contributed by atoms with E-state index in [1.54, 1.807) is 0 Å². The maximum absolute atomic E-state index is 4.42. The summed E-state index contributed by atoms with van der Waals surface area (Å²) in [6.07, 6.45) is 6.39. The van der Waals surface area contributed by atoms with Crippen LogP contribution in [0.3, 0.4) is 0 Å². The monoisotopic (exact) mass is 285 g/mol. The molecule has 3 heteroatoms. The average Bonchev–Trinajstić information content (AvgIpc) is 2.96. The minimum absolute atomic E-state index is 0.427. The zero-order valence-electron chi connectivity index (χ0n) is 13.3. The van der Waals surface area contributed by atoms with Crippen LogP contribution in [0.25, 0.3) is 0 Å². The molecule has 0 spiro atoms. The lowest BCUT2D eigenvalue weighted by Crippen LogP contribution is -2.23. The molecule has 0 bridgehead atoms. The maximum atomic E-state index is 4.42. The van der Waals surface area contributed by atoms with E-state index in [-0.39, 0.29) is 0 Å². The molecule has 0 saturated carbocycles. The maximum Gasteiger partial charge on any atom is 0.0492 e. The highest BCUT2D eigenvalue weighted by Crippen LogP contribution is 2.19. The summed E-state index contributed by atoms with van der Waals surface area (Å²) in [5.41, 5.74) is 2.73. The molecule has 114 valence electrons. The van der Waals surface area contributed by atoms with E-state index >= 15 is 0 Å². The van der Waals surface area contributed by atoms with Gasteiger partial charge in [-0.25, -0.2) is 0 Å². The molecule has 0 aliphatic rings. The molecule has 2 rings (SSSR count). The van der Waals surface area contributed by atoms with Crippen molar-refractivity contribution in [2.45, 2.75) is 52.1 Å². The molecule has 1 N–H and O–H groups in total. The van der Waals surface area contributed by atoms with Crippen molar-refractivity contribution in [1.29, 1.82) is 0 Å². The van der Waals surface area contributed by atoms with Crippen LogP contribution in [0, 0.1) is 0 Å². The van der Waals surface area contributed by atoms with E-state index in [9.17, 15) is 0 Å². The Morgan fingerprint density at radius 2 is 1.90 bits per heavy atom. The van der Waals surface area contributed by atoms with Crippen LogP contribution < -0.4 is 5.32 Å². The lowest BCUT2D eigenvalue weighted by molar-refractivity contribution is 0.483. The van der Waals surface area contributed by atoms with Gasteiger partial charge in [0.15, 0.2) is 0 Å². The molecule has 21 heavy (non-hydrogen) atoms. The third-order valence-electron chi connectivity index (χ3n) is 3.77. The Balaban J connectivity index is 2.00. The first-order valence-corrected chi connectivity index (χ1v) is 8.14. The molecule has 1 heterocycles. The number of benzene rings is 1. The van der Waals surface area contributed by atoms with Gasteiger partial charge in [-0.3, -0.25) is 4.68 Å². The molecule has 0 fully saturated rings. The number of hydrogen-bond acceptors (Lipinski definition) is 2. The van der Waals surface area contributed by atoms with Gasteiger partial charge in [0.2, 0.25) is 0 Å². The topological polar surface area (TPSA) is 29.9 Å². The fraction of sp³-hybridized carbons (Fsp3) is 0.500. The van der Waals surface area contributed by atoms with Gasteiger partial charge in [0, 0.05) is 24.5 Å². The number of hydrogen-bond donors (Lipinski definition) is 1. The molecule has 0 radical (unpaired) electrons. The van der Waals surface area contributed by atoms with Crippen molar-refractivity contribution in [1.82, 2.24) is 15.1 Å². The van der Waals surface area contributed by atoms with Gasteiger partial charge >= 0.3 is 0 Å². The van der Waals surface area contributed by atoms with E-state index in [4.69, 9.17) is 0 Å². The Bertz CT molecular complexity index is 504. The van der Waals surface area contributed by atoms with Crippen LogP contribution in [0.2, 0.25) is 0 Å². The van der Waals surface area contributed by atoms with Gasteiger partial charge in [0.1, 0.15) is 0 Å². The van der Waals surface area contributed by atoms with Crippen molar-refractivity contribution in [3.63, 3.8) is 0 Å². The molecule has 1 aromatic carbocycles. The lowest BCUT2D eigenvalue weighted by Gasteiger charge is -2.19. The Labute approximate surface area is 128 Å². The van der Waals surface area contributed by atoms with Crippen LogP contribution in [0.4, 0.5) is 0 Å². The number of nitrogens with zero attached hydrogens (tertiary/aromatic N) is 2. The molecule has 1 atom stereocenters. The van der Waals surface area contributed by atoms with E-state index in [0.29, 0.717) is 6.04 Å². The van der Waals surface area contributed by atoms with Gasteiger partial charge in [0.25, 0.3) is 0 Å². The minimum Gasteiger partial charge on any atom is -0.310 e. The second-order valence-corrected chi connectivity index (χ2v) is 5.50. The van der Waals surface area contributed by atoms with Crippen molar-refractivity contribution < 1.29 is 0 Å². The molecular weight excluding hydrogens is 258 g/mol. The summed E-state index contributed by atoms with van der Waals surface area (Å²) in [6, 6.07) is 13.3. The Morgan fingerprint density at radius 1 is 1.10 bits per heavy atom. The highest BCUT2D eigenvalue weighted by atomic mass is 15.3. The van der Waals surface area contributed by atoms with Crippen molar-refractivity contribution >= 4 is 0 Å². The summed E-state index contributed by atoms with van der Waals surface area (Å²) >= 11 is 0. The average molecular weight is 285 g/mol. The van der Waals surface area contributed by atoms with Crippen LogP contribution in [0.5, 0.6) is 0 Å². The lowest BCUT2D eigenvalue weighted by atomic mass is 10.0. The summed E-state index contributed by atoms with van der Waals surface area (Å²) in [4.78, 5) is 0. The summed E-state index contributed by atoms with van der Waals surface area (Å²) in [6.45, 7) is 6.49. The smallest absolute Gasteiger partial charge is 0.0492 e. The molecule has 1 aromatic heterocycles. The number of nitrogens with one attached hydrogen (secondary N) is 1. The SMILES string of the molecule is CCCNC(CCc1ccnn1CCC)c1ccccc1. The number of aromatic nitrogens is 2. The second kappa shape index (κ2) is 8.63. The zero-order chi connectivity index (χ0) is 14.9. The van der Waals surface area contributed by atoms with E-state index in [0.717, 1.165) is 38.8 Å². The van der Waals surface area contributed by atoms with Crippen LogP contribution in [0.1, 0.15) is 50.4 Å². The second-order valence-electron chi connectivity index (χ2n) is 5.50. The van der Waals surface area contributed by atoms with Crippen LogP contribution in [-0.2, 0) is 13.0 Å². The molecule has 0 saturated heterocycles. The molecular formula is C18H27N3. The van der Waals surface area contributed by atoms with Crippen molar-refractivity contribution in [3.05, 3.63) is 53.9 Å². The zero-order valence-corrected chi connectivity index (χ0v) is 13.3. The first-order valence-electron chi connectivity index (χ1n) is 8.14. The third kappa shape index (κ3) is 4.71. The first kappa shape index (κ1) is 15.8. The Kier molecular flexibility index (Phi) is 6.48. The molecule has 0 aliphatic carbocycles. The van der Waals surface area contributed by atoms with Gasteiger partial charge in [-0.15, -0.1) is 0 Å². The number of rotatable bonds is 9. The highest BCUT2D eigenvalue weighted by molar-refractivity contribution is 5.19. The molecule has 3 nitrogen and oxygen atoms in total. The van der Waals surface area contributed by atoms with Gasteiger partial charge in [-0.05, 0) is 43.9 Å². The van der Waals surface area contributed by atoms with Crippen LogP contribution in [-0.4, -0.2) is 16.3 Å². The summed E-state index contributed by atoms with van der Waals surface area (Å²) in [5.74, 6) is 0. The van der Waals surface area contributed by atoms with Crippen molar-refractivity contribution in [2.75, 3.05) is 6.54 Å². The molecule has 0 amide bonds. The van der Waals surface area contributed by atoms with Gasteiger partial charge in [-0.2, -0.15) is 5.10 Å². The van der Waals surface area contributed by atoms with E-state index in [1.165, 1.54) is 11.3 Å². The fourth-order valence-electron chi connectivity index (χ4n) is 2.67. The fourth-order valence-corrected chi connectivity index (χ4v) is 2.67. The predicted molar refractivity (Wildman–Crippen MR) is 88.3 cm³/mol. The Hall–Kier alpha value is -1.61. The van der Waals surface area contributed by atoms with E-state index in [1.807, 2.05) is 6.20 Å². The minimum atomic E-state index is 0.427. The predicted octanol–water partition coefficient (Wildman–Crippen LogP) is 3.97. The molecule has 1 unspecified atom stereocenters. The normalized spacial score (nSPS) is 12.5. The quantitative estimate of drug-likeness (QED) is 0.755. The summed E-state index contributed by atoms with van der Waals surface area (Å²) < 4.78 is 2.14. The Morgan fingerprint density at radius 3 is 2.62 bits per heavy atom. The van der Waals surface area contributed by atoms with Crippen molar-refractivity contribution in [3.8, 4) is 0 Å². The summed E-state index contributed by atoms with van der Waals surface area (Å²) in [5, 5.41) is 8.08. The number of aryl methyl sites for hydroxylation is 2. The van der Waals surface area contributed by atoms with Gasteiger partial charge in [-0.1, -0.05) is 44.2 Å². The van der Waals surface area contributed by atoms with Gasteiger partial charge < -0.3 is 5.32 Å². The van der Waals surface area contributed by atoms with Crippen LogP contribution >= 0.6 is 0 Å². The van der Waals surface area contributed by atoms with Crippen molar-refractivity contribution in [2.24, 2.45) is 0 Å².